The molecule has 15 atom stereocenters. The van der Waals surface area contributed by atoms with E-state index in [1.54, 1.807) is 26.0 Å². The second-order valence-electron chi connectivity index (χ2n) is 25.6. The van der Waals surface area contributed by atoms with E-state index >= 15 is 0 Å². The van der Waals surface area contributed by atoms with Gasteiger partial charge in [-0.15, -0.1) is 0 Å². The van der Waals surface area contributed by atoms with Gasteiger partial charge in [0.15, 0.2) is 6.23 Å². The highest BCUT2D eigenvalue weighted by Crippen LogP contribution is 2.32. The van der Waals surface area contributed by atoms with Crippen molar-refractivity contribution in [3.8, 4) is 33.8 Å². The molecule has 0 bridgehead atoms. The molecule has 26 nitrogen and oxygen atoms in total. The molecule has 3 aliphatic rings. The number of aliphatic hydroxyl groups is 7. The third-order valence-electron chi connectivity index (χ3n) is 16.6. The monoisotopic (exact) mass is 1280 g/mol. The quantitative estimate of drug-likeness (QED) is 0.0328. The lowest BCUT2D eigenvalue weighted by Crippen LogP contribution is -2.64. The number of carbonyl (C=O) groups excluding carboxylic acids is 7. The molecule has 14 N–H and O–H groups in total. The van der Waals surface area contributed by atoms with Crippen molar-refractivity contribution in [3.05, 3.63) is 102 Å². The number of carbonyl (C=O) groups is 7. The van der Waals surface area contributed by atoms with E-state index in [1.165, 1.54) is 37.3 Å². The Morgan fingerprint density at radius 2 is 1.22 bits per heavy atom. The SMILES string of the molecule is CCCCCOc1ccc(-c2ccc(-c3ccc(C(=O)NC4CC(O)C(OCC[N+](C)(C)C)NC(=O)C5C(O)C(C)CN5C(=O)C(C(C)O)NC(=O)C(C(O)C(O)c5ccc(O)c(NC(C)C)c5)NC(=O)C5CC(O)CN5C(=O)C(C(C)O)NC4=O)cc3)cc2)cc1. The smallest absolute Gasteiger partial charge is 0.251 e. The van der Waals surface area contributed by atoms with Crippen molar-refractivity contribution in [2.24, 2.45) is 5.92 Å². The van der Waals surface area contributed by atoms with Gasteiger partial charge in [-0.2, -0.15) is 0 Å². The standard InChI is InChI=1S/C66H91N9O17/c1-10-11-12-28-91-46-24-21-42(22-25-46)40-15-13-39(14-16-40)41-17-19-43(20-18-41)59(84)68-48-32-51(80)64(92-29-27-75(7,8)9)72-63(88)55-56(81)36(4)33-74(55)66(90)53(38(6)77)70-62(87)54(58(83)57(82)44-23-26-50(79)47(30-44)67-35(2)3)71-61(86)49-31-45(78)34-73(49)65(89)52(37(5)76)69-60(48)85/h13-26,30,35-38,45,48-49,51-58,64,67,76-78,80-83H,10-12,27-29,31-34H2,1-9H3,(H5-,68,69,70,71,72,79,84,85,86,87,88)/p+1. The number of unbranched alkanes of at least 4 members (excludes halogenated alkanes) is 2. The Bertz CT molecular complexity index is 3180. The summed E-state index contributed by atoms with van der Waals surface area (Å²) in [5.41, 5.74) is 3.57. The maximum absolute atomic E-state index is 14.9. The van der Waals surface area contributed by atoms with E-state index in [0.29, 0.717) is 11.1 Å². The highest BCUT2D eigenvalue weighted by molar-refractivity contribution is 6.00. The second kappa shape index (κ2) is 31.7. The maximum atomic E-state index is 14.9. The molecule has 15 unspecified atom stereocenters. The lowest BCUT2D eigenvalue weighted by Gasteiger charge is -2.34. The van der Waals surface area contributed by atoms with E-state index in [9.17, 15) is 74.4 Å². The van der Waals surface area contributed by atoms with Gasteiger partial charge in [-0.3, -0.25) is 33.6 Å². The molecule has 0 radical (unpaired) electrons. The zero-order valence-corrected chi connectivity index (χ0v) is 53.6. The minimum atomic E-state index is -2.33. The molecule has 0 saturated carbocycles. The minimum Gasteiger partial charge on any atom is -0.506 e. The number of nitrogens with one attached hydrogen (secondary N) is 6. The van der Waals surface area contributed by atoms with E-state index in [1.807, 2.05) is 69.7 Å². The summed E-state index contributed by atoms with van der Waals surface area (Å²) in [6.45, 7) is 9.32. The van der Waals surface area contributed by atoms with Gasteiger partial charge in [0.1, 0.15) is 72.6 Å². The van der Waals surface area contributed by atoms with Crippen molar-refractivity contribution in [2.75, 3.05) is 59.3 Å². The van der Waals surface area contributed by atoms with E-state index in [0.717, 1.165) is 70.9 Å². The number of fused-ring (bicyclic) bond motifs is 2. The van der Waals surface area contributed by atoms with E-state index in [4.69, 9.17) is 9.47 Å². The van der Waals surface area contributed by atoms with Gasteiger partial charge in [-0.25, -0.2) is 0 Å². The number of quaternary nitrogens is 1. The number of likely N-dealkylation sites (N-methyl/N-ethyl adjacent to an activating group) is 1. The van der Waals surface area contributed by atoms with Crippen LogP contribution < -0.4 is 36.6 Å². The van der Waals surface area contributed by atoms with Gasteiger partial charge < -0.3 is 96.5 Å². The third kappa shape index (κ3) is 18.3. The van der Waals surface area contributed by atoms with Gasteiger partial charge in [0.05, 0.1) is 64.5 Å². The summed E-state index contributed by atoms with van der Waals surface area (Å²) >= 11 is 0. The zero-order valence-electron chi connectivity index (χ0n) is 53.6. The van der Waals surface area contributed by atoms with Crippen LogP contribution in [-0.4, -0.2) is 236 Å². The number of nitrogens with zero attached hydrogens (tertiary/aromatic N) is 3. The predicted octanol–water partition coefficient (Wildman–Crippen LogP) is 0.624. The Kier molecular flexibility index (Phi) is 24.7. The first-order valence-electron chi connectivity index (χ1n) is 31.3. The molecule has 3 fully saturated rings. The van der Waals surface area contributed by atoms with Gasteiger partial charge in [0, 0.05) is 43.5 Å². The van der Waals surface area contributed by atoms with Crippen LogP contribution in [0.4, 0.5) is 5.69 Å². The zero-order chi connectivity index (χ0) is 67.5. The number of hydrogen-bond donors (Lipinski definition) is 14. The molecule has 0 aromatic heterocycles. The highest BCUT2D eigenvalue weighted by atomic mass is 16.5. The molecular formula is C66H92N9O17+. The number of rotatable bonds is 20. The summed E-state index contributed by atoms with van der Waals surface area (Å²) in [5, 5.41) is 107. The van der Waals surface area contributed by atoms with Crippen molar-refractivity contribution in [2.45, 2.75) is 165 Å². The molecule has 3 aliphatic heterocycles. The largest absolute Gasteiger partial charge is 0.506 e. The van der Waals surface area contributed by atoms with Gasteiger partial charge in [0.25, 0.3) is 5.91 Å². The van der Waals surface area contributed by atoms with Crippen molar-refractivity contribution in [1.29, 1.82) is 0 Å². The summed E-state index contributed by atoms with van der Waals surface area (Å²) in [6.07, 6.45) is -12.8. The molecule has 7 amide bonds. The molecule has 502 valence electrons. The van der Waals surface area contributed by atoms with Crippen LogP contribution in [0.5, 0.6) is 11.5 Å². The third-order valence-corrected chi connectivity index (χ3v) is 16.6. The lowest BCUT2D eigenvalue weighted by molar-refractivity contribution is -0.870. The molecule has 0 spiro atoms. The van der Waals surface area contributed by atoms with Gasteiger partial charge in [0.2, 0.25) is 35.4 Å². The number of amides is 7. The number of phenolic OH excluding ortho intramolecular Hbond substituents is 1. The van der Waals surface area contributed by atoms with Gasteiger partial charge in [-0.1, -0.05) is 81.3 Å². The van der Waals surface area contributed by atoms with Crippen molar-refractivity contribution in [1.82, 2.24) is 36.4 Å². The van der Waals surface area contributed by atoms with Crippen molar-refractivity contribution in [3.63, 3.8) is 0 Å². The molecule has 3 saturated heterocycles. The van der Waals surface area contributed by atoms with Crippen LogP contribution >= 0.6 is 0 Å². The highest BCUT2D eigenvalue weighted by Gasteiger charge is 2.50. The normalized spacial score (nSPS) is 26.1. The number of phenols is 1. The number of benzene rings is 4. The second-order valence-corrected chi connectivity index (χ2v) is 25.6. The van der Waals surface area contributed by atoms with Gasteiger partial charge >= 0.3 is 0 Å². The van der Waals surface area contributed by atoms with E-state index in [2.05, 4.69) is 38.8 Å². The van der Waals surface area contributed by atoms with Gasteiger partial charge in [-0.05, 0) is 98.3 Å². The Labute approximate surface area is 535 Å². The van der Waals surface area contributed by atoms with E-state index in [-0.39, 0.29) is 48.3 Å². The fourth-order valence-corrected chi connectivity index (χ4v) is 11.3. The summed E-state index contributed by atoms with van der Waals surface area (Å²) in [4.78, 5) is 105. The van der Waals surface area contributed by atoms with Crippen molar-refractivity contribution < 1.29 is 88.4 Å². The number of ether oxygens (including phenoxy) is 2. The Morgan fingerprint density at radius 1 is 0.663 bits per heavy atom. The van der Waals surface area contributed by atoms with E-state index < -0.39 is 152 Å². The molecular weight excluding hydrogens is 1190 g/mol. The maximum Gasteiger partial charge on any atom is 0.251 e. The molecule has 4 aromatic rings. The minimum absolute atomic E-state index is 0.0450. The molecule has 0 aliphatic carbocycles. The van der Waals surface area contributed by atoms with Crippen LogP contribution in [0.3, 0.4) is 0 Å². The Balaban J connectivity index is 1.24. The molecule has 92 heavy (non-hydrogen) atoms. The Hall–Kier alpha value is -7.79. The summed E-state index contributed by atoms with van der Waals surface area (Å²) in [7, 11) is 5.53. The van der Waals surface area contributed by atoms with Crippen LogP contribution in [0.15, 0.2) is 91.0 Å². The molecule has 26 heteroatoms. The van der Waals surface area contributed by atoms with Crippen LogP contribution in [0.2, 0.25) is 0 Å². The summed E-state index contributed by atoms with van der Waals surface area (Å²) in [5.74, 6) is -8.30. The van der Waals surface area contributed by atoms with Crippen LogP contribution in [0.1, 0.15) is 95.7 Å². The Morgan fingerprint density at radius 3 is 1.78 bits per heavy atom. The fraction of sp³-hybridized carbons (Fsp3) is 0.530. The van der Waals surface area contributed by atoms with Crippen LogP contribution in [0, 0.1) is 5.92 Å². The van der Waals surface area contributed by atoms with Crippen LogP contribution in [-0.2, 0) is 33.5 Å². The first kappa shape index (κ1) is 71.6. The van der Waals surface area contributed by atoms with Crippen molar-refractivity contribution >= 4 is 47.0 Å². The average molecular weight is 1280 g/mol. The summed E-state index contributed by atoms with van der Waals surface area (Å²) in [6, 6.07) is 13.9. The van der Waals surface area contributed by atoms with Crippen LogP contribution in [0.25, 0.3) is 22.3 Å². The molecule has 3 heterocycles. The number of aromatic hydroxyl groups is 1. The predicted molar refractivity (Wildman–Crippen MR) is 339 cm³/mol. The number of hydrogen-bond acceptors (Lipinski definition) is 18. The number of anilines is 1. The molecule has 4 aromatic carbocycles. The first-order chi connectivity index (χ1) is 43.5. The summed E-state index contributed by atoms with van der Waals surface area (Å²) < 4.78 is 12.3. The topological polar surface area (TPSA) is 378 Å². The number of aliphatic hydroxyl groups excluding tert-OH is 7. The average Bonchev–Trinajstić information content (AvgIpc) is 1.60. The lowest BCUT2D eigenvalue weighted by atomic mass is 9.96. The first-order valence-corrected chi connectivity index (χ1v) is 31.3. The molecule has 7 rings (SSSR count). The fourth-order valence-electron chi connectivity index (χ4n) is 11.3.